The Kier molecular flexibility index (Phi) is 3.67. The van der Waals surface area contributed by atoms with Gasteiger partial charge in [-0.1, -0.05) is 53.5 Å². The van der Waals surface area contributed by atoms with Crippen molar-refractivity contribution in [3.8, 4) is 0 Å². The molecule has 1 N–H and O–H groups in total. The molecule has 2 aromatic rings. The third-order valence-electron chi connectivity index (χ3n) is 3.70. The molecular formula is C16H15Cl2N. The zero-order chi connectivity index (χ0) is 13.2. The summed E-state index contributed by atoms with van der Waals surface area (Å²) in [7, 11) is 0. The highest BCUT2D eigenvalue weighted by Gasteiger charge is 2.30. The maximum atomic E-state index is 6.15. The largest absolute Gasteiger partial charge is 0.381 e. The van der Waals surface area contributed by atoms with Crippen molar-refractivity contribution in [2.45, 2.75) is 24.8 Å². The number of anilines is 1. The average molecular weight is 292 g/mol. The van der Waals surface area contributed by atoms with Crippen LogP contribution < -0.4 is 5.32 Å². The predicted octanol–water partition coefficient (Wildman–Crippen LogP) is 5.35. The summed E-state index contributed by atoms with van der Waals surface area (Å²) in [6.45, 7) is 0. The van der Waals surface area contributed by atoms with Crippen molar-refractivity contribution < 1.29 is 0 Å². The average Bonchev–Trinajstić information content (AvgIpc) is 2.38. The van der Waals surface area contributed by atoms with Gasteiger partial charge in [0.15, 0.2) is 0 Å². The Morgan fingerprint density at radius 1 is 0.947 bits per heavy atom. The van der Waals surface area contributed by atoms with Crippen LogP contribution in [0.3, 0.4) is 0 Å². The van der Waals surface area contributed by atoms with Crippen molar-refractivity contribution in [3.63, 3.8) is 0 Å². The molecule has 0 saturated heterocycles. The molecule has 0 radical (unpaired) electrons. The lowest BCUT2D eigenvalue weighted by molar-refractivity contribution is 0.374. The first-order valence-electron chi connectivity index (χ1n) is 6.49. The maximum Gasteiger partial charge on any atom is 0.0638 e. The smallest absolute Gasteiger partial charge is 0.0638 e. The molecule has 1 nitrogen and oxygen atoms in total. The zero-order valence-electron chi connectivity index (χ0n) is 10.4. The molecule has 0 atom stereocenters. The van der Waals surface area contributed by atoms with Crippen LogP contribution in [0, 0.1) is 0 Å². The molecule has 1 saturated carbocycles. The number of hydrogen-bond donors (Lipinski definition) is 1. The number of benzene rings is 2. The maximum absolute atomic E-state index is 6.15. The topological polar surface area (TPSA) is 12.0 Å². The summed E-state index contributed by atoms with van der Waals surface area (Å²) in [6.07, 6.45) is 2.29. The number of halogens is 2. The highest BCUT2D eigenvalue weighted by Crippen LogP contribution is 2.39. The molecule has 0 amide bonds. The Morgan fingerprint density at radius 3 is 2.42 bits per heavy atom. The lowest BCUT2D eigenvalue weighted by Gasteiger charge is -2.37. The molecule has 19 heavy (non-hydrogen) atoms. The zero-order valence-corrected chi connectivity index (χ0v) is 12.0. The molecule has 3 heteroatoms. The van der Waals surface area contributed by atoms with E-state index in [2.05, 4.69) is 35.6 Å². The Bertz CT molecular complexity index is 562. The highest BCUT2D eigenvalue weighted by molar-refractivity contribution is 6.35. The van der Waals surface area contributed by atoms with Crippen LogP contribution >= 0.6 is 23.2 Å². The summed E-state index contributed by atoms with van der Waals surface area (Å²) in [5.74, 6) is 0.664. The standard InChI is InChI=1S/C16H15Cl2N/c17-13-6-7-15(18)16(10-13)19-14-8-12(9-14)11-4-2-1-3-5-11/h1-7,10,12,14,19H,8-9H2. The number of rotatable bonds is 3. The van der Waals surface area contributed by atoms with E-state index in [9.17, 15) is 0 Å². The van der Waals surface area contributed by atoms with E-state index >= 15 is 0 Å². The predicted molar refractivity (Wildman–Crippen MR) is 82.3 cm³/mol. The third kappa shape index (κ3) is 2.88. The van der Waals surface area contributed by atoms with E-state index in [1.807, 2.05) is 18.2 Å². The van der Waals surface area contributed by atoms with E-state index in [1.54, 1.807) is 0 Å². The van der Waals surface area contributed by atoms with Gasteiger partial charge in [0.2, 0.25) is 0 Å². The van der Waals surface area contributed by atoms with Crippen LogP contribution in [0.1, 0.15) is 24.3 Å². The van der Waals surface area contributed by atoms with Crippen molar-refractivity contribution in [3.05, 3.63) is 64.1 Å². The Labute approximate surface area is 123 Å². The molecule has 2 aromatic carbocycles. The van der Waals surface area contributed by atoms with E-state index in [-0.39, 0.29) is 0 Å². The lowest BCUT2D eigenvalue weighted by atomic mass is 9.76. The van der Waals surface area contributed by atoms with Crippen LogP contribution in [0.25, 0.3) is 0 Å². The van der Waals surface area contributed by atoms with Gasteiger partial charge >= 0.3 is 0 Å². The van der Waals surface area contributed by atoms with E-state index in [0.717, 1.165) is 23.6 Å². The molecule has 1 aliphatic rings. The summed E-state index contributed by atoms with van der Waals surface area (Å²) in [5.41, 5.74) is 2.36. The Hall–Kier alpha value is -1.18. The molecule has 1 aliphatic carbocycles. The van der Waals surface area contributed by atoms with E-state index in [0.29, 0.717) is 17.0 Å². The second-order valence-corrected chi connectivity index (χ2v) is 5.89. The summed E-state index contributed by atoms with van der Waals surface area (Å²) in [4.78, 5) is 0. The van der Waals surface area contributed by atoms with Gasteiger partial charge in [-0.3, -0.25) is 0 Å². The van der Waals surface area contributed by atoms with Gasteiger partial charge < -0.3 is 5.32 Å². The van der Waals surface area contributed by atoms with Gasteiger partial charge in [0.1, 0.15) is 0 Å². The number of nitrogens with one attached hydrogen (secondary N) is 1. The minimum Gasteiger partial charge on any atom is -0.381 e. The molecule has 0 aromatic heterocycles. The summed E-state index contributed by atoms with van der Waals surface area (Å²) >= 11 is 12.1. The quantitative estimate of drug-likeness (QED) is 0.804. The summed E-state index contributed by atoms with van der Waals surface area (Å²) in [6, 6.07) is 16.7. The molecule has 0 aliphatic heterocycles. The van der Waals surface area contributed by atoms with Crippen LogP contribution in [-0.2, 0) is 0 Å². The van der Waals surface area contributed by atoms with Gasteiger partial charge in [0.05, 0.1) is 10.7 Å². The third-order valence-corrected chi connectivity index (χ3v) is 4.26. The van der Waals surface area contributed by atoms with Crippen LogP contribution in [-0.4, -0.2) is 6.04 Å². The molecule has 1 fully saturated rings. The van der Waals surface area contributed by atoms with E-state index in [1.165, 1.54) is 5.56 Å². The molecule has 0 bridgehead atoms. The normalized spacial score (nSPS) is 21.8. The van der Waals surface area contributed by atoms with Gasteiger partial charge in [-0.15, -0.1) is 0 Å². The summed E-state index contributed by atoms with van der Waals surface area (Å²) in [5, 5.41) is 4.91. The van der Waals surface area contributed by atoms with E-state index < -0.39 is 0 Å². The minimum absolute atomic E-state index is 0.487. The highest BCUT2D eigenvalue weighted by atomic mass is 35.5. The van der Waals surface area contributed by atoms with Crippen LogP contribution in [0.15, 0.2) is 48.5 Å². The van der Waals surface area contributed by atoms with Crippen molar-refractivity contribution in [1.82, 2.24) is 0 Å². The van der Waals surface area contributed by atoms with Crippen LogP contribution in [0.4, 0.5) is 5.69 Å². The fourth-order valence-corrected chi connectivity index (χ4v) is 2.91. The molecule has 98 valence electrons. The molecule has 0 heterocycles. The van der Waals surface area contributed by atoms with Gasteiger partial charge in [-0.25, -0.2) is 0 Å². The first kappa shape index (κ1) is 12.8. The molecule has 3 rings (SSSR count). The SMILES string of the molecule is Clc1ccc(Cl)c(NC2CC(c3ccccc3)C2)c1. The van der Waals surface area contributed by atoms with Gasteiger partial charge in [0.25, 0.3) is 0 Å². The molecule has 0 unspecified atom stereocenters. The second-order valence-electron chi connectivity index (χ2n) is 5.04. The monoisotopic (exact) mass is 291 g/mol. The molecule has 0 spiro atoms. The van der Waals surface area contributed by atoms with E-state index in [4.69, 9.17) is 23.2 Å². The van der Waals surface area contributed by atoms with Crippen molar-refractivity contribution in [2.75, 3.05) is 5.32 Å². The van der Waals surface area contributed by atoms with Crippen molar-refractivity contribution in [1.29, 1.82) is 0 Å². The fraction of sp³-hybridized carbons (Fsp3) is 0.250. The first-order chi connectivity index (χ1) is 9.22. The van der Waals surface area contributed by atoms with Crippen molar-refractivity contribution >= 4 is 28.9 Å². The minimum atomic E-state index is 0.487. The van der Waals surface area contributed by atoms with Crippen LogP contribution in [0.2, 0.25) is 10.0 Å². The Morgan fingerprint density at radius 2 is 1.68 bits per heavy atom. The van der Waals surface area contributed by atoms with Gasteiger partial charge in [0, 0.05) is 11.1 Å². The van der Waals surface area contributed by atoms with Crippen molar-refractivity contribution in [2.24, 2.45) is 0 Å². The lowest BCUT2D eigenvalue weighted by Crippen LogP contribution is -2.34. The molecular weight excluding hydrogens is 277 g/mol. The fourth-order valence-electron chi connectivity index (χ4n) is 2.56. The van der Waals surface area contributed by atoms with Crippen LogP contribution in [0.5, 0.6) is 0 Å². The first-order valence-corrected chi connectivity index (χ1v) is 7.24. The second kappa shape index (κ2) is 5.44. The van der Waals surface area contributed by atoms with Gasteiger partial charge in [-0.05, 0) is 42.5 Å². The van der Waals surface area contributed by atoms with Gasteiger partial charge in [-0.2, -0.15) is 0 Å². The summed E-state index contributed by atoms with van der Waals surface area (Å²) < 4.78 is 0. The Balaban J connectivity index is 1.61. The number of hydrogen-bond acceptors (Lipinski definition) is 1.